The Balaban J connectivity index is 1.36. The van der Waals surface area contributed by atoms with E-state index < -0.39 is 23.6 Å². The molecule has 4 aromatic rings. The third kappa shape index (κ3) is 4.62. The normalized spacial score (nSPS) is 19.1. The van der Waals surface area contributed by atoms with E-state index in [9.17, 15) is 22.7 Å². The molecule has 1 aliphatic rings. The quantitative estimate of drug-likeness (QED) is 0.194. The number of pyridine rings is 1. The summed E-state index contributed by atoms with van der Waals surface area (Å²) in [6.45, 7) is 0. The zero-order valence-corrected chi connectivity index (χ0v) is 19.0. The molecule has 186 valence electrons. The summed E-state index contributed by atoms with van der Waals surface area (Å²) in [5.41, 5.74) is 0.107. The molecule has 1 unspecified atom stereocenters. The van der Waals surface area contributed by atoms with Gasteiger partial charge in [-0.1, -0.05) is 30.7 Å². The van der Waals surface area contributed by atoms with Crippen LogP contribution in [-0.4, -0.2) is 27.7 Å². The molecule has 2 aromatic carbocycles. The van der Waals surface area contributed by atoms with Crippen molar-refractivity contribution in [1.29, 1.82) is 5.41 Å². The molecule has 1 saturated carbocycles. The third-order valence-electron chi connectivity index (χ3n) is 6.53. The Labute approximate surface area is 203 Å². The van der Waals surface area contributed by atoms with Crippen LogP contribution in [0.2, 0.25) is 0 Å². The van der Waals surface area contributed by atoms with Gasteiger partial charge in [0.1, 0.15) is 17.3 Å². The molecule has 0 bridgehead atoms. The number of nitrogens with zero attached hydrogens (tertiary/aromatic N) is 2. The first-order chi connectivity index (χ1) is 17.2. The van der Waals surface area contributed by atoms with E-state index in [0.717, 1.165) is 6.07 Å². The number of nitrogens with one attached hydrogen (secondary N) is 3. The fourth-order valence-corrected chi connectivity index (χ4v) is 4.80. The Hall–Kier alpha value is -3.95. The first-order valence-electron chi connectivity index (χ1n) is 11.5. The smallest absolute Gasteiger partial charge is 0.433 e. The highest BCUT2D eigenvalue weighted by molar-refractivity contribution is 6.09. The number of aromatic nitrogens is 2. The molecule has 1 aliphatic carbocycles. The van der Waals surface area contributed by atoms with Crippen molar-refractivity contribution >= 4 is 39.2 Å². The Morgan fingerprint density at radius 2 is 1.94 bits per heavy atom. The first kappa shape index (κ1) is 23.8. The summed E-state index contributed by atoms with van der Waals surface area (Å²) >= 11 is 0. The predicted octanol–water partition coefficient (Wildman–Crippen LogP) is 5.63. The second-order valence-corrected chi connectivity index (χ2v) is 8.94. The maximum absolute atomic E-state index is 14.3. The van der Waals surface area contributed by atoms with Crippen LogP contribution < -0.4 is 10.4 Å². The minimum atomic E-state index is -4.58. The van der Waals surface area contributed by atoms with Crippen LogP contribution in [0.25, 0.3) is 21.8 Å². The number of benzene rings is 2. The molecule has 0 aliphatic heterocycles. The number of amidine groups is 1. The van der Waals surface area contributed by atoms with Crippen LogP contribution in [0.15, 0.2) is 59.7 Å². The van der Waals surface area contributed by atoms with E-state index in [1.54, 1.807) is 24.3 Å². The monoisotopic (exact) mass is 496 g/mol. The van der Waals surface area contributed by atoms with Crippen LogP contribution in [0.1, 0.15) is 36.9 Å². The van der Waals surface area contributed by atoms with Crippen molar-refractivity contribution in [2.75, 3.05) is 5.32 Å². The number of hydrogen-bond donors (Lipinski definition) is 3. The predicted molar refractivity (Wildman–Crippen MR) is 129 cm³/mol. The van der Waals surface area contributed by atoms with Crippen molar-refractivity contribution in [3.05, 3.63) is 71.8 Å². The molecule has 2 atom stereocenters. The van der Waals surface area contributed by atoms with E-state index in [-0.39, 0.29) is 34.3 Å². The number of aromatic amines is 1. The van der Waals surface area contributed by atoms with Gasteiger partial charge in [-0.15, -0.1) is 0 Å². The SMILES string of the molecule is N=C(N=C([O-])c1c[nH]c2cccc(F)c12)C1CCC[C@H](Nc2cc(C(F)(F)F)nc3ccccc23)C1. The minimum Gasteiger partial charge on any atom is -0.858 e. The number of rotatable bonds is 4. The van der Waals surface area contributed by atoms with Gasteiger partial charge in [-0.25, -0.2) is 14.4 Å². The van der Waals surface area contributed by atoms with Gasteiger partial charge in [0, 0.05) is 45.7 Å². The van der Waals surface area contributed by atoms with Gasteiger partial charge in [-0.3, -0.25) is 5.41 Å². The minimum absolute atomic E-state index is 0.0567. The largest absolute Gasteiger partial charge is 0.858 e. The number of aliphatic imine (C=N–C) groups is 1. The van der Waals surface area contributed by atoms with Gasteiger partial charge in [-0.2, -0.15) is 13.2 Å². The number of fused-ring (bicyclic) bond motifs is 2. The number of para-hydroxylation sites is 1. The fourth-order valence-electron chi connectivity index (χ4n) is 4.80. The van der Waals surface area contributed by atoms with E-state index >= 15 is 0 Å². The lowest BCUT2D eigenvalue weighted by molar-refractivity contribution is -0.212. The molecule has 3 N–H and O–H groups in total. The Bertz CT molecular complexity index is 1480. The van der Waals surface area contributed by atoms with Crippen LogP contribution in [-0.2, 0) is 6.18 Å². The molecule has 5 rings (SSSR count). The Kier molecular flexibility index (Phi) is 6.11. The molecule has 0 radical (unpaired) electrons. The van der Waals surface area contributed by atoms with E-state index in [2.05, 4.69) is 20.3 Å². The maximum atomic E-state index is 14.3. The second-order valence-electron chi connectivity index (χ2n) is 8.94. The summed E-state index contributed by atoms with van der Waals surface area (Å²) < 4.78 is 54.5. The van der Waals surface area contributed by atoms with E-state index in [4.69, 9.17) is 5.41 Å². The molecule has 1 fully saturated rings. The molecule has 0 amide bonds. The lowest BCUT2D eigenvalue weighted by Crippen LogP contribution is -2.32. The molecule has 6 nitrogen and oxygen atoms in total. The number of alkyl halides is 3. The van der Waals surface area contributed by atoms with Crippen molar-refractivity contribution in [2.45, 2.75) is 37.9 Å². The van der Waals surface area contributed by atoms with Crippen LogP contribution in [0, 0.1) is 17.1 Å². The van der Waals surface area contributed by atoms with Crippen molar-refractivity contribution in [3.8, 4) is 0 Å². The van der Waals surface area contributed by atoms with Crippen molar-refractivity contribution in [1.82, 2.24) is 9.97 Å². The van der Waals surface area contributed by atoms with Gasteiger partial charge in [0.2, 0.25) is 0 Å². The summed E-state index contributed by atoms with van der Waals surface area (Å²) in [6.07, 6.45) is -0.741. The first-order valence-corrected chi connectivity index (χ1v) is 11.5. The molecule has 0 saturated heterocycles. The topological polar surface area (TPSA) is 100.0 Å². The number of H-pyrrole nitrogens is 1. The zero-order valence-electron chi connectivity index (χ0n) is 19.0. The van der Waals surface area contributed by atoms with Gasteiger partial charge >= 0.3 is 6.18 Å². The molecule has 10 heteroatoms. The van der Waals surface area contributed by atoms with Gasteiger partial charge < -0.3 is 15.4 Å². The zero-order chi connectivity index (χ0) is 25.4. The van der Waals surface area contributed by atoms with Crippen LogP contribution in [0.4, 0.5) is 23.2 Å². The third-order valence-corrected chi connectivity index (χ3v) is 6.53. The summed E-state index contributed by atoms with van der Waals surface area (Å²) in [5, 5.41) is 25.1. The highest BCUT2D eigenvalue weighted by Gasteiger charge is 2.34. The number of hydrogen-bond acceptors (Lipinski definition) is 4. The van der Waals surface area contributed by atoms with E-state index in [1.165, 1.54) is 24.4 Å². The molecule has 2 heterocycles. The van der Waals surface area contributed by atoms with Crippen molar-refractivity contribution in [2.24, 2.45) is 10.9 Å². The molecular formula is C26H22F4N5O-. The summed E-state index contributed by atoms with van der Waals surface area (Å²) in [5.74, 6) is -1.73. The van der Waals surface area contributed by atoms with Crippen LogP contribution in [0.3, 0.4) is 0 Å². The summed E-state index contributed by atoms with van der Waals surface area (Å²) in [7, 11) is 0. The molecular weight excluding hydrogens is 474 g/mol. The van der Waals surface area contributed by atoms with Gasteiger partial charge in [0.05, 0.1) is 5.52 Å². The van der Waals surface area contributed by atoms with Gasteiger partial charge in [0.25, 0.3) is 0 Å². The van der Waals surface area contributed by atoms with Crippen LogP contribution >= 0.6 is 0 Å². The van der Waals surface area contributed by atoms with Gasteiger partial charge in [-0.05, 0) is 49.4 Å². The average Bonchev–Trinajstić information content (AvgIpc) is 3.29. The Morgan fingerprint density at radius 1 is 1.14 bits per heavy atom. The highest BCUT2D eigenvalue weighted by Crippen LogP contribution is 2.35. The number of anilines is 1. The summed E-state index contributed by atoms with van der Waals surface area (Å²) in [6, 6.07) is 11.8. The molecule has 2 aromatic heterocycles. The van der Waals surface area contributed by atoms with Crippen molar-refractivity contribution < 1.29 is 22.7 Å². The van der Waals surface area contributed by atoms with E-state index in [1.807, 2.05) is 0 Å². The summed E-state index contributed by atoms with van der Waals surface area (Å²) in [4.78, 5) is 10.5. The average molecular weight is 496 g/mol. The van der Waals surface area contributed by atoms with Crippen LogP contribution in [0.5, 0.6) is 0 Å². The second kappa shape index (κ2) is 9.25. The molecule has 36 heavy (non-hydrogen) atoms. The van der Waals surface area contributed by atoms with Gasteiger partial charge in [0.15, 0.2) is 0 Å². The fraction of sp³-hybridized carbons (Fsp3) is 0.269. The highest BCUT2D eigenvalue weighted by atomic mass is 19.4. The molecule has 0 spiro atoms. The lowest BCUT2D eigenvalue weighted by atomic mass is 9.84. The Morgan fingerprint density at radius 3 is 2.75 bits per heavy atom. The van der Waals surface area contributed by atoms with E-state index in [0.29, 0.717) is 42.3 Å². The standard InChI is InChI=1S/C26H23F4N5O/c27-18-8-4-10-20-23(18)17(13-32-20)25(36)35-24(31)14-5-3-6-15(11-14)33-21-12-22(26(28,29)30)34-19-9-2-1-7-16(19)21/h1-2,4,7-10,12-15,32H,3,5-6,11H2,(H,33,34)(H2,31,35,36)/p-1/t14?,15-/m0/s1. The lowest BCUT2D eigenvalue weighted by Gasteiger charge is -2.30. The maximum Gasteiger partial charge on any atom is 0.433 e. The number of halogens is 4. The van der Waals surface area contributed by atoms with Crippen molar-refractivity contribution in [3.63, 3.8) is 0 Å².